The van der Waals surface area contributed by atoms with Crippen molar-refractivity contribution >= 4 is 66.9 Å². The van der Waals surface area contributed by atoms with Gasteiger partial charge in [-0.3, -0.25) is 22.5 Å². The monoisotopic (exact) mass is 1490 g/mol. The van der Waals surface area contributed by atoms with Crippen molar-refractivity contribution in [2.24, 2.45) is 0 Å². The Hall–Kier alpha value is -8.69. The van der Waals surface area contributed by atoms with Crippen molar-refractivity contribution in [3.8, 4) is 0 Å². The molecule has 578 valence electrons. The molecule has 6 fully saturated rings. The van der Waals surface area contributed by atoms with Gasteiger partial charge in [-0.25, -0.2) is 38.4 Å². The maximum absolute atomic E-state index is 13.4. The van der Waals surface area contributed by atoms with Crippen LogP contribution in [0.1, 0.15) is 71.2 Å². The molecule has 12 unspecified atom stereocenters. The lowest BCUT2D eigenvalue weighted by Crippen LogP contribution is -2.41. The van der Waals surface area contributed by atoms with Gasteiger partial charge in [-0.15, -0.1) is 0 Å². The number of esters is 8. The molecule has 2 N–H and O–H groups in total. The molecule has 0 saturated carbocycles. The third-order valence-corrected chi connectivity index (χ3v) is 13.8. The van der Waals surface area contributed by atoms with E-state index in [1.165, 1.54) is 14.2 Å². The Kier molecular flexibility index (Phi) is 42.8. The molecule has 0 bridgehead atoms. The predicted octanol–water partition coefficient (Wildman–Crippen LogP) is 3.67. The van der Waals surface area contributed by atoms with Gasteiger partial charge in [0.15, 0.2) is 61.0 Å². The number of carbonyl (C=O) groups excluding carboxylic acids is 10. The first-order chi connectivity index (χ1) is 50.7. The fraction of sp³-hybridized carbons (Fsp3) is 0.514. The Labute approximate surface area is 603 Å². The molecule has 0 aromatic heterocycles. The Bertz CT molecular complexity index is 3190. The van der Waals surface area contributed by atoms with Gasteiger partial charge in [0.25, 0.3) is 0 Å². The van der Waals surface area contributed by atoms with Crippen molar-refractivity contribution in [3.63, 3.8) is 0 Å². The Morgan fingerprint density at radius 3 is 1.15 bits per heavy atom. The Morgan fingerprint density at radius 1 is 0.429 bits per heavy atom. The molecule has 6 aliphatic heterocycles. The summed E-state index contributed by atoms with van der Waals surface area (Å²) in [7, 11) is 0.0896. The summed E-state index contributed by atoms with van der Waals surface area (Å²) in [5.74, 6) is -5.53. The molecule has 6 heterocycles. The largest absolute Gasteiger partial charge is 0.762 e. The second kappa shape index (κ2) is 50.7. The molecule has 10 rings (SSSR count). The van der Waals surface area contributed by atoms with E-state index in [4.69, 9.17) is 76.5 Å². The SMILES string of the molecule is CCC(OCC(OCC(OCC(OC)C(=O)OC)C(=O)OCC1CO1)C(=O)OCCO)C(=O)OC(C(=O)c1ccccc1)c1ccccc1.CCOCC.COC(=O)C1CO1.FB(F)F.O=C(OC(C(=O)c1ccccc1)c1ccccc1)C1CO1.O=C(OCC1CO1)C1CO1.O=C(OCCO)C1CO1. The highest BCUT2D eigenvalue weighted by atomic mass is 19.4. The standard InChI is InChI=1S/C34H42O15.C17H14O4.C6H8O4.C5H8O4.C4H6O3.C4H10O.BF3/c1-4-25(34(40)49-30(23-13-9-6-10-14-23)29(36)22-11-7-5-8-12-22)45-20-27(32(38)43-16-15-35)47-21-28(33(39)48-18-24-17-44-24)46-19-26(41-2)31(37)42-3;18-15(12-7-3-1-4-8-12)16(13-9-5-2-6-10-13)21-17(19)14-11-20-14;7-6(5-3-9-5)10-2-4-1-8-4;6-1-2-8-5(7)4-3-9-4;1-6-4(5)3-2-7-3;1-3-5-4-2;2-1(3)4/h5-14,24-28,30,35H,4,15-21H2,1-3H3;1-10,14,16H,11H2;4-5H,1-3H2;4,6H,1-3H2;3H,2H2,1H3;3-4H2,1-2H3;. The maximum Gasteiger partial charge on any atom is 0.762 e. The summed E-state index contributed by atoms with van der Waals surface area (Å²) in [6.07, 6.45) is -9.02. The van der Waals surface area contributed by atoms with Gasteiger partial charge in [-0.1, -0.05) is 128 Å². The Balaban J connectivity index is 0.000000332. The van der Waals surface area contributed by atoms with E-state index in [2.05, 4.69) is 23.7 Å². The molecule has 12 atom stereocenters. The van der Waals surface area contributed by atoms with Crippen LogP contribution >= 0.6 is 0 Å². The molecule has 4 aromatic rings. The van der Waals surface area contributed by atoms with Crippen LogP contribution in [0.2, 0.25) is 0 Å². The minimum absolute atomic E-state index is 0.0501. The number of hydrogen-bond donors (Lipinski definition) is 2. The predicted molar refractivity (Wildman–Crippen MR) is 354 cm³/mol. The molecule has 0 spiro atoms. The number of epoxide rings is 6. The van der Waals surface area contributed by atoms with Gasteiger partial charge >= 0.3 is 55.3 Å². The van der Waals surface area contributed by atoms with Gasteiger partial charge in [-0.2, -0.15) is 0 Å². The van der Waals surface area contributed by atoms with Crippen molar-refractivity contribution in [1.82, 2.24) is 0 Å². The van der Waals surface area contributed by atoms with Crippen LogP contribution in [0.25, 0.3) is 0 Å². The summed E-state index contributed by atoms with van der Waals surface area (Å²) in [6.45, 7) is 8.21. The lowest BCUT2D eigenvalue weighted by atomic mass is 10.00. The summed E-state index contributed by atoms with van der Waals surface area (Å²) in [6, 6.07) is 34.6. The fourth-order valence-corrected chi connectivity index (χ4v) is 7.80. The number of carbonyl (C=O) groups is 10. The molecule has 105 heavy (non-hydrogen) atoms. The van der Waals surface area contributed by atoms with E-state index in [0.29, 0.717) is 61.9 Å². The van der Waals surface area contributed by atoms with Gasteiger partial charge < -0.3 is 100 Å². The van der Waals surface area contributed by atoms with E-state index in [1.807, 2.05) is 38.1 Å². The molecule has 0 aliphatic carbocycles. The third-order valence-electron chi connectivity index (χ3n) is 13.8. The van der Waals surface area contributed by atoms with Crippen molar-refractivity contribution in [1.29, 1.82) is 0 Å². The summed E-state index contributed by atoms with van der Waals surface area (Å²) >= 11 is 0. The van der Waals surface area contributed by atoms with Crippen molar-refractivity contribution in [2.45, 2.75) is 100 Å². The van der Waals surface area contributed by atoms with Crippen LogP contribution in [0.5, 0.6) is 0 Å². The van der Waals surface area contributed by atoms with Crippen LogP contribution in [0.3, 0.4) is 0 Å². The summed E-state index contributed by atoms with van der Waals surface area (Å²) < 4.78 is 124. The first-order valence-corrected chi connectivity index (χ1v) is 33.0. The quantitative estimate of drug-likeness (QED) is 0.0214. The third kappa shape index (κ3) is 37.7. The minimum Gasteiger partial charge on any atom is -0.467 e. The normalized spacial score (nSPS) is 19.2. The van der Waals surface area contributed by atoms with E-state index in [0.717, 1.165) is 26.9 Å². The van der Waals surface area contributed by atoms with Gasteiger partial charge in [0, 0.05) is 42.6 Å². The number of methoxy groups -OCH3 is 3. The van der Waals surface area contributed by atoms with Crippen molar-refractivity contribution in [2.75, 3.05) is 134 Å². The highest BCUT2D eigenvalue weighted by Gasteiger charge is 2.39. The van der Waals surface area contributed by atoms with E-state index in [9.17, 15) is 60.9 Å². The maximum atomic E-state index is 13.4. The number of ether oxygens (including phenoxy) is 19. The van der Waals surface area contributed by atoms with Crippen LogP contribution in [0, 0.1) is 0 Å². The molecule has 0 amide bonds. The fourth-order valence-electron chi connectivity index (χ4n) is 7.80. The van der Waals surface area contributed by atoms with E-state index in [-0.39, 0.29) is 87.1 Å². The van der Waals surface area contributed by atoms with Crippen LogP contribution < -0.4 is 0 Å². The average Bonchev–Trinajstić information content (AvgIpc) is 1.84. The first-order valence-electron chi connectivity index (χ1n) is 33.0. The number of rotatable bonds is 37. The van der Waals surface area contributed by atoms with Gasteiger partial charge in [0.2, 0.25) is 11.6 Å². The minimum atomic E-state index is -3.67. The lowest BCUT2D eigenvalue weighted by molar-refractivity contribution is -0.182. The molecular formula is C70H88BF3O31. The van der Waals surface area contributed by atoms with Crippen LogP contribution in [-0.4, -0.2) is 272 Å². The topological polar surface area (TPSA) is 406 Å². The number of Topliss-reactive ketones (excluding diaryl/α,β-unsaturated/α-hetero) is 2. The number of aliphatic hydroxyl groups is 2. The molecule has 31 nitrogen and oxygen atoms in total. The first kappa shape index (κ1) is 88.7. The van der Waals surface area contributed by atoms with Crippen LogP contribution in [0.4, 0.5) is 12.9 Å². The molecule has 4 aromatic carbocycles. The second-order valence-electron chi connectivity index (χ2n) is 21.8. The smallest absolute Gasteiger partial charge is 0.467 e. The zero-order valence-corrected chi connectivity index (χ0v) is 58.6. The molecular weight excluding hydrogens is 1400 g/mol. The summed E-state index contributed by atoms with van der Waals surface area (Å²) in [4.78, 5) is 120. The second-order valence-corrected chi connectivity index (χ2v) is 21.8. The highest BCUT2D eigenvalue weighted by molar-refractivity contribution is 6.33. The number of aliphatic hydroxyl groups excluding tert-OH is 2. The number of halogens is 3. The van der Waals surface area contributed by atoms with E-state index in [1.54, 1.807) is 104 Å². The lowest BCUT2D eigenvalue weighted by Gasteiger charge is -2.24. The molecule has 6 aliphatic rings. The van der Waals surface area contributed by atoms with E-state index < -0.39 is 112 Å². The molecule has 35 heteroatoms. The zero-order chi connectivity index (χ0) is 76.9. The number of hydrogen-bond acceptors (Lipinski definition) is 31. The van der Waals surface area contributed by atoms with Crippen molar-refractivity contribution in [3.05, 3.63) is 144 Å². The summed E-state index contributed by atoms with van der Waals surface area (Å²) in [5, 5.41) is 17.4. The summed E-state index contributed by atoms with van der Waals surface area (Å²) in [5.41, 5.74) is 1.94. The zero-order valence-electron chi connectivity index (χ0n) is 58.6. The van der Waals surface area contributed by atoms with Gasteiger partial charge in [-0.05, 0) is 20.3 Å². The highest BCUT2D eigenvalue weighted by Crippen LogP contribution is 2.27. The number of ketones is 2. The van der Waals surface area contributed by atoms with Crippen LogP contribution in [-0.2, 0) is 128 Å². The molecule has 0 radical (unpaired) electrons. The van der Waals surface area contributed by atoms with E-state index >= 15 is 0 Å². The molecule has 6 saturated heterocycles. The van der Waals surface area contributed by atoms with Gasteiger partial charge in [0.05, 0.1) is 86.9 Å². The van der Waals surface area contributed by atoms with Gasteiger partial charge in [0.1, 0.15) is 38.6 Å². The average molecular weight is 1490 g/mol. The van der Waals surface area contributed by atoms with Crippen molar-refractivity contribution < 1.29 is 161 Å². The van der Waals surface area contributed by atoms with Crippen LogP contribution in [0.15, 0.2) is 121 Å². The number of benzene rings is 4. The Morgan fingerprint density at radius 2 is 0.790 bits per heavy atom.